The van der Waals surface area contributed by atoms with E-state index in [0.717, 1.165) is 11.3 Å². The van der Waals surface area contributed by atoms with E-state index < -0.39 is 0 Å². The lowest BCUT2D eigenvalue weighted by Crippen LogP contribution is -2.19. The molecule has 0 fully saturated rings. The van der Waals surface area contributed by atoms with Crippen LogP contribution in [0.3, 0.4) is 0 Å². The fourth-order valence-electron chi connectivity index (χ4n) is 1.37. The lowest BCUT2D eigenvalue weighted by atomic mass is 10.2. The van der Waals surface area contributed by atoms with E-state index in [9.17, 15) is 4.39 Å². The van der Waals surface area contributed by atoms with Crippen molar-refractivity contribution in [3.63, 3.8) is 0 Å². The molecule has 0 amide bonds. The molecule has 0 atom stereocenters. The van der Waals surface area contributed by atoms with Gasteiger partial charge in [0.15, 0.2) is 0 Å². The summed E-state index contributed by atoms with van der Waals surface area (Å²) in [5.41, 5.74) is 1.86. The van der Waals surface area contributed by atoms with Crippen molar-refractivity contribution >= 4 is 21.6 Å². The molecule has 0 saturated carbocycles. The molecule has 0 spiro atoms. The third-order valence-corrected chi connectivity index (χ3v) is 2.76. The van der Waals surface area contributed by atoms with Crippen molar-refractivity contribution in [3.8, 4) is 6.07 Å². The normalized spacial score (nSPS) is 9.73. The first kappa shape index (κ1) is 12.0. The maximum Gasteiger partial charge on any atom is 0.123 e. The summed E-state index contributed by atoms with van der Waals surface area (Å²) in [5.74, 6) is -0.234. The molecule has 1 aromatic rings. The fraction of sp³-hybridized carbons (Fsp3) is 0.364. The van der Waals surface area contributed by atoms with Gasteiger partial charge in [0.1, 0.15) is 5.82 Å². The SMILES string of the molecule is CN(CCC#N)c1ccc(F)cc1CBr. The van der Waals surface area contributed by atoms with Gasteiger partial charge < -0.3 is 4.90 Å². The average molecular weight is 271 g/mol. The van der Waals surface area contributed by atoms with Gasteiger partial charge in [-0.3, -0.25) is 0 Å². The fourth-order valence-corrected chi connectivity index (χ4v) is 1.82. The topological polar surface area (TPSA) is 27.0 Å². The molecular formula is C11H12BrFN2. The predicted octanol–water partition coefficient (Wildman–Crippen LogP) is 3.07. The predicted molar refractivity (Wildman–Crippen MR) is 62.5 cm³/mol. The van der Waals surface area contributed by atoms with Gasteiger partial charge in [-0.25, -0.2) is 4.39 Å². The summed E-state index contributed by atoms with van der Waals surface area (Å²) >= 11 is 3.32. The molecule has 0 saturated heterocycles. The van der Waals surface area contributed by atoms with Crippen molar-refractivity contribution in [2.24, 2.45) is 0 Å². The molecule has 1 rings (SSSR count). The molecule has 4 heteroatoms. The third kappa shape index (κ3) is 3.21. The van der Waals surface area contributed by atoms with E-state index in [1.165, 1.54) is 12.1 Å². The first-order valence-corrected chi connectivity index (χ1v) is 5.73. The highest BCUT2D eigenvalue weighted by atomic mass is 79.9. The minimum Gasteiger partial charge on any atom is -0.373 e. The van der Waals surface area contributed by atoms with Crippen molar-refractivity contribution < 1.29 is 4.39 Å². The summed E-state index contributed by atoms with van der Waals surface area (Å²) in [6.45, 7) is 0.655. The molecule has 2 nitrogen and oxygen atoms in total. The highest BCUT2D eigenvalue weighted by Gasteiger charge is 2.07. The zero-order valence-corrected chi connectivity index (χ0v) is 10.1. The van der Waals surface area contributed by atoms with Crippen molar-refractivity contribution in [3.05, 3.63) is 29.6 Å². The molecule has 0 aliphatic carbocycles. The van der Waals surface area contributed by atoms with Crippen molar-refractivity contribution in [2.45, 2.75) is 11.8 Å². The van der Waals surface area contributed by atoms with Crippen LogP contribution in [0.1, 0.15) is 12.0 Å². The summed E-state index contributed by atoms with van der Waals surface area (Å²) in [7, 11) is 1.90. The largest absolute Gasteiger partial charge is 0.373 e. The van der Waals surface area contributed by atoms with Crippen LogP contribution in [-0.4, -0.2) is 13.6 Å². The summed E-state index contributed by atoms with van der Waals surface area (Å²) in [4.78, 5) is 1.96. The highest BCUT2D eigenvalue weighted by Crippen LogP contribution is 2.23. The summed E-state index contributed by atoms with van der Waals surface area (Å²) in [5, 5.41) is 9.09. The van der Waals surface area contributed by atoms with Crippen LogP contribution < -0.4 is 4.90 Å². The van der Waals surface area contributed by atoms with Gasteiger partial charge in [-0.1, -0.05) is 15.9 Å². The monoisotopic (exact) mass is 270 g/mol. The molecule has 0 aliphatic heterocycles. The molecular weight excluding hydrogens is 259 g/mol. The quantitative estimate of drug-likeness (QED) is 0.787. The molecule has 0 aromatic heterocycles. The van der Waals surface area contributed by atoms with Gasteiger partial charge in [-0.05, 0) is 23.8 Å². The van der Waals surface area contributed by atoms with Gasteiger partial charge in [0.05, 0.1) is 12.5 Å². The molecule has 0 aliphatic rings. The first-order chi connectivity index (χ1) is 7.19. The maximum absolute atomic E-state index is 13.0. The highest BCUT2D eigenvalue weighted by molar-refractivity contribution is 9.08. The summed E-state index contributed by atoms with van der Waals surface area (Å²) in [6.07, 6.45) is 0.468. The number of alkyl halides is 1. The smallest absolute Gasteiger partial charge is 0.123 e. The number of nitrogens with zero attached hydrogens (tertiary/aromatic N) is 2. The Labute approximate surface area is 97.4 Å². The van der Waals surface area contributed by atoms with Gasteiger partial charge in [0.25, 0.3) is 0 Å². The number of hydrogen-bond acceptors (Lipinski definition) is 2. The van der Waals surface area contributed by atoms with Crippen LogP contribution in [0.4, 0.5) is 10.1 Å². The van der Waals surface area contributed by atoms with Crippen LogP contribution in [0.25, 0.3) is 0 Å². The van der Waals surface area contributed by atoms with Crippen LogP contribution in [0.5, 0.6) is 0 Å². The lowest BCUT2D eigenvalue weighted by Gasteiger charge is -2.20. The van der Waals surface area contributed by atoms with Crippen LogP contribution in [0.15, 0.2) is 18.2 Å². The van der Waals surface area contributed by atoms with Gasteiger partial charge in [0.2, 0.25) is 0 Å². The van der Waals surface area contributed by atoms with Gasteiger partial charge in [-0.2, -0.15) is 5.26 Å². The molecule has 1 aromatic carbocycles. The van der Waals surface area contributed by atoms with Gasteiger partial charge in [-0.15, -0.1) is 0 Å². The van der Waals surface area contributed by atoms with Crippen LogP contribution in [0, 0.1) is 17.1 Å². The Kier molecular flexibility index (Phi) is 4.57. The Morgan fingerprint density at radius 3 is 2.87 bits per heavy atom. The lowest BCUT2D eigenvalue weighted by molar-refractivity contribution is 0.626. The number of rotatable bonds is 4. The molecule has 15 heavy (non-hydrogen) atoms. The second kappa shape index (κ2) is 5.72. The van der Waals surface area contributed by atoms with Gasteiger partial charge >= 0.3 is 0 Å². The van der Waals surface area contributed by atoms with Gasteiger partial charge in [0, 0.05) is 24.6 Å². The van der Waals surface area contributed by atoms with E-state index in [4.69, 9.17) is 5.26 Å². The second-order valence-electron chi connectivity index (χ2n) is 3.24. The van der Waals surface area contributed by atoms with Crippen molar-refractivity contribution in [2.75, 3.05) is 18.5 Å². The number of anilines is 1. The summed E-state index contributed by atoms with van der Waals surface area (Å²) in [6, 6.07) is 6.77. The minimum atomic E-state index is -0.234. The number of benzene rings is 1. The van der Waals surface area contributed by atoms with E-state index in [1.807, 2.05) is 11.9 Å². The van der Waals surface area contributed by atoms with Crippen molar-refractivity contribution in [1.29, 1.82) is 5.26 Å². The Hall–Kier alpha value is -1.08. The van der Waals surface area contributed by atoms with E-state index in [0.29, 0.717) is 18.3 Å². The second-order valence-corrected chi connectivity index (χ2v) is 3.80. The Morgan fingerprint density at radius 2 is 2.27 bits per heavy atom. The van der Waals surface area contributed by atoms with E-state index in [1.54, 1.807) is 6.07 Å². The van der Waals surface area contributed by atoms with Crippen LogP contribution >= 0.6 is 15.9 Å². The van der Waals surface area contributed by atoms with Crippen LogP contribution in [0.2, 0.25) is 0 Å². The van der Waals surface area contributed by atoms with E-state index in [-0.39, 0.29) is 5.82 Å². The molecule has 0 unspecified atom stereocenters. The molecule has 0 N–H and O–H groups in total. The Balaban J connectivity index is 2.88. The standard InChI is InChI=1S/C11H12BrFN2/c1-15(6-2-5-14)11-4-3-10(13)7-9(11)8-12/h3-4,7H,2,6,8H2,1H3. The zero-order valence-electron chi connectivity index (χ0n) is 8.50. The van der Waals surface area contributed by atoms with Crippen molar-refractivity contribution in [1.82, 2.24) is 0 Å². The average Bonchev–Trinajstić information content (AvgIpc) is 2.25. The number of halogens is 2. The molecule has 0 bridgehead atoms. The Bertz CT molecular complexity index is 373. The third-order valence-electron chi connectivity index (χ3n) is 2.16. The van der Waals surface area contributed by atoms with E-state index >= 15 is 0 Å². The Morgan fingerprint density at radius 1 is 1.53 bits per heavy atom. The minimum absolute atomic E-state index is 0.234. The number of nitriles is 1. The van der Waals surface area contributed by atoms with E-state index in [2.05, 4.69) is 22.0 Å². The summed E-state index contributed by atoms with van der Waals surface area (Å²) < 4.78 is 13.0. The maximum atomic E-state index is 13.0. The molecule has 0 heterocycles. The van der Waals surface area contributed by atoms with Crippen LogP contribution in [-0.2, 0) is 5.33 Å². The first-order valence-electron chi connectivity index (χ1n) is 4.61. The number of hydrogen-bond donors (Lipinski definition) is 0. The molecule has 80 valence electrons. The molecule has 0 radical (unpaired) electrons. The zero-order chi connectivity index (χ0) is 11.3.